The Hall–Kier alpha value is -2.70. The highest BCUT2D eigenvalue weighted by molar-refractivity contribution is 7.19. The summed E-state index contributed by atoms with van der Waals surface area (Å²) in [6.45, 7) is 5.68. The molecule has 5 nitrogen and oxygen atoms in total. The van der Waals surface area contributed by atoms with E-state index in [0.717, 1.165) is 25.9 Å². The molecule has 0 saturated carbocycles. The van der Waals surface area contributed by atoms with Gasteiger partial charge in [0, 0.05) is 48.7 Å². The summed E-state index contributed by atoms with van der Waals surface area (Å²) in [4.78, 5) is 34.5. The van der Waals surface area contributed by atoms with Crippen LogP contribution in [0.2, 0.25) is 0 Å². The molecule has 0 spiro atoms. The molecule has 3 aliphatic heterocycles. The number of carbonyl (C=O) groups is 2. The van der Waals surface area contributed by atoms with Crippen LogP contribution in [-0.2, 0) is 35.5 Å². The predicted molar refractivity (Wildman–Crippen MR) is 131 cm³/mol. The van der Waals surface area contributed by atoms with E-state index in [9.17, 15) is 9.59 Å². The Bertz CT molecular complexity index is 1240. The Morgan fingerprint density at radius 2 is 1.67 bits per heavy atom. The van der Waals surface area contributed by atoms with E-state index in [1.165, 1.54) is 31.7 Å². The summed E-state index contributed by atoms with van der Waals surface area (Å²) >= 11 is 1.90. The number of rotatable bonds is 4. The van der Waals surface area contributed by atoms with Gasteiger partial charge in [0.1, 0.15) is 12.1 Å². The number of nitrogens with zero attached hydrogens (tertiary/aromatic N) is 3. The molecule has 0 aliphatic carbocycles. The number of piperazine rings is 2. The van der Waals surface area contributed by atoms with Crippen LogP contribution in [0.3, 0.4) is 0 Å². The number of benzene rings is 2. The normalized spacial score (nSPS) is 22.9. The molecule has 170 valence electrons. The Kier molecular flexibility index (Phi) is 5.23. The first-order valence-electron chi connectivity index (χ1n) is 12.0. The van der Waals surface area contributed by atoms with Crippen molar-refractivity contribution < 1.29 is 9.59 Å². The Morgan fingerprint density at radius 3 is 2.52 bits per heavy atom. The van der Waals surface area contributed by atoms with Crippen molar-refractivity contribution in [1.29, 1.82) is 0 Å². The molecule has 1 aromatic heterocycles. The van der Waals surface area contributed by atoms with Crippen molar-refractivity contribution >= 4 is 33.2 Å². The smallest absolute Gasteiger partial charge is 0.247 e. The summed E-state index contributed by atoms with van der Waals surface area (Å²) in [5.41, 5.74) is 3.78. The van der Waals surface area contributed by atoms with Crippen LogP contribution >= 0.6 is 11.3 Å². The van der Waals surface area contributed by atoms with Gasteiger partial charge in [-0.3, -0.25) is 14.5 Å². The molecule has 0 bridgehead atoms. The van der Waals surface area contributed by atoms with Crippen LogP contribution < -0.4 is 0 Å². The van der Waals surface area contributed by atoms with Gasteiger partial charge in [-0.25, -0.2) is 0 Å². The third-order valence-electron chi connectivity index (χ3n) is 7.49. The van der Waals surface area contributed by atoms with E-state index < -0.39 is 0 Å². The van der Waals surface area contributed by atoms with Gasteiger partial charge in [0.15, 0.2) is 0 Å². The van der Waals surface area contributed by atoms with Crippen molar-refractivity contribution in [2.75, 3.05) is 19.6 Å². The minimum absolute atomic E-state index is 0.114. The summed E-state index contributed by atoms with van der Waals surface area (Å²) in [7, 11) is 0. The van der Waals surface area contributed by atoms with Gasteiger partial charge >= 0.3 is 0 Å². The molecule has 2 amide bonds. The minimum atomic E-state index is -0.368. The Morgan fingerprint density at radius 1 is 0.909 bits per heavy atom. The highest BCUT2D eigenvalue weighted by atomic mass is 32.1. The molecular formula is C27H29N3O2S. The fraction of sp³-hybridized carbons (Fsp3) is 0.407. The second-order valence-corrected chi connectivity index (χ2v) is 10.6. The number of amides is 2. The van der Waals surface area contributed by atoms with E-state index in [4.69, 9.17) is 0 Å². The molecule has 3 aliphatic rings. The summed E-state index contributed by atoms with van der Waals surface area (Å²) in [5, 5.41) is 1.34. The Labute approximate surface area is 198 Å². The van der Waals surface area contributed by atoms with Crippen LogP contribution in [0, 0.1) is 0 Å². The molecule has 33 heavy (non-hydrogen) atoms. The first-order chi connectivity index (χ1) is 16.1. The van der Waals surface area contributed by atoms with Crippen molar-refractivity contribution in [3.63, 3.8) is 0 Å². The summed E-state index contributed by atoms with van der Waals surface area (Å²) < 4.78 is 1.34. The van der Waals surface area contributed by atoms with Gasteiger partial charge in [0.25, 0.3) is 0 Å². The molecule has 4 heterocycles. The number of hydrogen-bond acceptors (Lipinski definition) is 4. The quantitative estimate of drug-likeness (QED) is 0.596. The average Bonchev–Trinajstić information content (AvgIpc) is 3.19. The number of fused-ring (bicyclic) bond motifs is 4. The molecule has 3 aromatic rings. The maximum atomic E-state index is 13.6. The molecule has 6 heteroatoms. The maximum Gasteiger partial charge on any atom is 0.247 e. The molecular weight excluding hydrogens is 430 g/mol. The summed E-state index contributed by atoms with van der Waals surface area (Å²) in [6.07, 6.45) is 2.85. The second-order valence-electron chi connectivity index (χ2n) is 9.49. The van der Waals surface area contributed by atoms with Crippen LogP contribution in [-0.4, -0.2) is 58.2 Å². The number of carbonyl (C=O) groups excluding carboxylic acids is 2. The number of aryl methyl sites for hydroxylation is 1. The molecule has 0 radical (unpaired) electrons. The van der Waals surface area contributed by atoms with E-state index in [2.05, 4.69) is 48.2 Å². The number of hydrogen-bond donors (Lipinski definition) is 0. The standard InChI is InChI=1S/C27H29N3O2S/c1-2-7-24-21(20-10-5-6-11-25(20)33-24)16-28-12-13-29-23(17-28)27(32)30-15-19-9-4-3-8-18(19)14-22(30)26(29)31/h3-6,8-11,22-23H,2,7,12-17H2,1H3. The lowest BCUT2D eigenvalue weighted by Gasteiger charge is -2.50. The Balaban J connectivity index is 1.26. The van der Waals surface area contributed by atoms with Gasteiger partial charge in [-0.15, -0.1) is 11.3 Å². The first-order valence-corrected chi connectivity index (χ1v) is 12.8. The van der Waals surface area contributed by atoms with Gasteiger partial charge in [0.05, 0.1) is 0 Å². The van der Waals surface area contributed by atoms with E-state index >= 15 is 0 Å². The highest BCUT2D eigenvalue weighted by Gasteiger charge is 2.49. The summed E-state index contributed by atoms with van der Waals surface area (Å²) in [5.74, 6) is 0.240. The molecule has 2 aromatic carbocycles. The molecule has 2 atom stereocenters. The third-order valence-corrected chi connectivity index (χ3v) is 8.76. The van der Waals surface area contributed by atoms with Crippen LogP contribution in [0.5, 0.6) is 0 Å². The van der Waals surface area contributed by atoms with Crippen LogP contribution in [0.4, 0.5) is 0 Å². The zero-order valence-electron chi connectivity index (χ0n) is 19.0. The van der Waals surface area contributed by atoms with Crippen molar-refractivity contribution in [2.24, 2.45) is 0 Å². The monoisotopic (exact) mass is 459 g/mol. The van der Waals surface area contributed by atoms with Crippen molar-refractivity contribution in [3.05, 3.63) is 70.1 Å². The molecule has 0 N–H and O–H groups in total. The fourth-order valence-corrected chi connectivity index (χ4v) is 7.11. The molecule has 2 saturated heterocycles. The van der Waals surface area contributed by atoms with Gasteiger partial charge in [-0.05, 0) is 34.6 Å². The van der Waals surface area contributed by atoms with Gasteiger partial charge in [-0.2, -0.15) is 0 Å². The van der Waals surface area contributed by atoms with Crippen molar-refractivity contribution in [2.45, 2.75) is 51.4 Å². The van der Waals surface area contributed by atoms with Crippen molar-refractivity contribution in [1.82, 2.24) is 14.7 Å². The van der Waals surface area contributed by atoms with E-state index in [-0.39, 0.29) is 23.9 Å². The highest BCUT2D eigenvalue weighted by Crippen LogP contribution is 2.35. The first kappa shape index (κ1) is 20.9. The zero-order chi connectivity index (χ0) is 22.5. The van der Waals surface area contributed by atoms with Crippen LogP contribution in [0.25, 0.3) is 10.1 Å². The topological polar surface area (TPSA) is 43.9 Å². The van der Waals surface area contributed by atoms with Gasteiger partial charge < -0.3 is 9.80 Å². The SMILES string of the molecule is CCCc1sc2ccccc2c1CN1CCN2C(=O)C3Cc4ccccc4CN3C(=O)C2C1. The fourth-order valence-electron chi connectivity index (χ4n) is 5.79. The largest absolute Gasteiger partial charge is 0.326 e. The predicted octanol–water partition coefficient (Wildman–Crippen LogP) is 3.83. The lowest BCUT2D eigenvalue weighted by atomic mass is 9.89. The van der Waals surface area contributed by atoms with E-state index in [1.807, 2.05) is 33.3 Å². The zero-order valence-corrected chi connectivity index (χ0v) is 19.8. The molecule has 2 fully saturated rings. The minimum Gasteiger partial charge on any atom is -0.326 e. The maximum absolute atomic E-state index is 13.6. The van der Waals surface area contributed by atoms with E-state index in [1.54, 1.807) is 0 Å². The van der Waals surface area contributed by atoms with Crippen molar-refractivity contribution in [3.8, 4) is 0 Å². The lowest BCUT2D eigenvalue weighted by Crippen LogP contribution is -2.70. The van der Waals surface area contributed by atoms with Crippen LogP contribution in [0.15, 0.2) is 48.5 Å². The molecule has 2 unspecified atom stereocenters. The number of thiophene rings is 1. The van der Waals surface area contributed by atoms with Crippen LogP contribution in [0.1, 0.15) is 34.9 Å². The molecule has 6 rings (SSSR count). The summed E-state index contributed by atoms with van der Waals surface area (Å²) in [6, 6.07) is 16.2. The lowest BCUT2D eigenvalue weighted by molar-refractivity contribution is -0.167. The van der Waals surface area contributed by atoms with Gasteiger partial charge in [-0.1, -0.05) is 55.8 Å². The van der Waals surface area contributed by atoms with Gasteiger partial charge in [0.2, 0.25) is 11.8 Å². The van der Waals surface area contributed by atoms with E-state index in [0.29, 0.717) is 26.1 Å². The average molecular weight is 460 g/mol. The second kappa shape index (κ2) is 8.26. The third kappa shape index (κ3) is 3.47.